The molecule has 0 amide bonds. The number of hydrogen-bond acceptors (Lipinski definition) is 3. The van der Waals surface area contributed by atoms with Crippen LogP contribution >= 0.6 is 0 Å². The van der Waals surface area contributed by atoms with E-state index in [4.69, 9.17) is 4.74 Å². The van der Waals surface area contributed by atoms with Crippen LogP contribution in [0.25, 0.3) is 0 Å². The molecule has 0 aliphatic carbocycles. The molecular formula is C15H20FNO2. The maximum Gasteiger partial charge on any atom is 0.329 e. The Bertz CT molecular complexity index is 520. The van der Waals surface area contributed by atoms with Crippen LogP contribution < -0.4 is 5.32 Å². The van der Waals surface area contributed by atoms with Gasteiger partial charge in [0.2, 0.25) is 0 Å². The molecule has 19 heavy (non-hydrogen) atoms. The molecule has 0 spiro atoms. The van der Waals surface area contributed by atoms with E-state index in [1.54, 1.807) is 6.07 Å². The number of nitrogens with one attached hydrogen (secondary N) is 1. The quantitative estimate of drug-likeness (QED) is 0.791. The standard InChI is InChI=1S/C15H20FNO2/c1-8-6-7-10(16)11-9(2)13(17-12(8)11)14(18)19-15(3,4)5/h6-7,9,13,17H,1-5H3/t9?,13-/m0/s1. The second-order valence-electron chi connectivity index (χ2n) is 6.10. The van der Waals surface area contributed by atoms with E-state index in [0.717, 1.165) is 11.3 Å². The topological polar surface area (TPSA) is 38.3 Å². The Labute approximate surface area is 113 Å². The van der Waals surface area contributed by atoms with Gasteiger partial charge in [0.15, 0.2) is 0 Å². The average molecular weight is 265 g/mol. The first kappa shape index (κ1) is 13.8. The molecule has 1 aliphatic rings. The van der Waals surface area contributed by atoms with Crippen molar-refractivity contribution in [3.05, 3.63) is 29.1 Å². The van der Waals surface area contributed by atoms with Crippen molar-refractivity contribution in [1.82, 2.24) is 0 Å². The molecule has 104 valence electrons. The summed E-state index contributed by atoms with van der Waals surface area (Å²) in [4.78, 5) is 12.2. The molecule has 1 aliphatic heterocycles. The van der Waals surface area contributed by atoms with Gasteiger partial charge in [0.25, 0.3) is 0 Å². The smallest absolute Gasteiger partial charge is 0.329 e. The van der Waals surface area contributed by atoms with Crippen LogP contribution in [0.2, 0.25) is 0 Å². The lowest BCUT2D eigenvalue weighted by atomic mass is 9.95. The number of esters is 1. The molecule has 0 saturated carbocycles. The predicted molar refractivity (Wildman–Crippen MR) is 72.8 cm³/mol. The number of halogens is 1. The van der Waals surface area contributed by atoms with Gasteiger partial charge in [-0.1, -0.05) is 13.0 Å². The number of fused-ring (bicyclic) bond motifs is 1. The van der Waals surface area contributed by atoms with E-state index in [1.165, 1.54) is 6.07 Å². The van der Waals surface area contributed by atoms with Gasteiger partial charge >= 0.3 is 5.97 Å². The molecule has 0 bridgehead atoms. The van der Waals surface area contributed by atoms with E-state index in [-0.39, 0.29) is 17.7 Å². The van der Waals surface area contributed by atoms with Crippen LogP contribution in [-0.4, -0.2) is 17.6 Å². The van der Waals surface area contributed by atoms with E-state index >= 15 is 0 Å². The third kappa shape index (κ3) is 2.57. The average Bonchev–Trinajstić information content (AvgIpc) is 2.61. The second-order valence-corrected chi connectivity index (χ2v) is 6.10. The summed E-state index contributed by atoms with van der Waals surface area (Å²) in [6, 6.07) is 2.64. The van der Waals surface area contributed by atoms with Crippen LogP contribution in [0.1, 0.15) is 44.7 Å². The molecule has 0 radical (unpaired) electrons. The maximum absolute atomic E-state index is 13.9. The monoisotopic (exact) mass is 265 g/mol. The van der Waals surface area contributed by atoms with Crippen molar-refractivity contribution in [3.63, 3.8) is 0 Å². The third-order valence-corrected chi connectivity index (χ3v) is 3.32. The molecule has 1 aromatic rings. The van der Waals surface area contributed by atoms with Gasteiger partial charge < -0.3 is 10.1 Å². The lowest BCUT2D eigenvalue weighted by Crippen LogP contribution is -2.36. The van der Waals surface area contributed by atoms with Gasteiger partial charge in [0.1, 0.15) is 17.5 Å². The van der Waals surface area contributed by atoms with Gasteiger partial charge in [-0.25, -0.2) is 9.18 Å². The van der Waals surface area contributed by atoms with Crippen molar-refractivity contribution in [1.29, 1.82) is 0 Å². The zero-order valence-corrected chi connectivity index (χ0v) is 12.0. The van der Waals surface area contributed by atoms with Crippen molar-refractivity contribution in [2.24, 2.45) is 0 Å². The maximum atomic E-state index is 13.9. The zero-order valence-electron chi connectivity index (χ0n) is 12.0. The number of benzene rings is 1. The van der Waals surface area contributed by atoms with Crippen LogP contribution in [0.4, 0.5) is 10.1 Å². The summed E-state index contributed by atoms with van der Waals surface area (Å²) in [6.07, 6.45) is 0. The van der Waals surface area contributed by atoms with Crippen LogP contribution in [0.15, 0.2) is 12.1 Å². The lowest BCUT2D eigenvalue weighted by molar-refractivity contribution is -0.156. The molecule has 2 atom stereocenters. The number of rotatable bonds is 1. The Morgan fingerprint density at radius 2 is 2.00 bits per heavy atom. The summed E-state index contributed by atoms with van der Waals surface area (Å²) < 4.78 is 19.3. The number of ether oxygens (including phenoxy) is 1. The first-order valence-electron chi connectivity index (χ1n) is 6.49. The van der Waals surface area contributed by atoms with E-state index < -0.39 is 11.6 Å². The molecule has 1 unspecified atom stereocenters. The van der Waals surface area contributed by atoms with Gasteiger partial charge in [0, 0.05) is 17.2 Å². The van der Waals surface area contributed by atoms with Gasteiger partial charge in [-0.3, -0.25) is 0 Å². The van der Waals surface area contributed by atoms with E-state index in [9.17, 15) is 9.18 Å². The minimum absolute atomic E-state index is 0.232. The van der Waals surface area contributed by atoms with Crippen molar-refractivity contribution in [3.8, 4) is 0 Å². The largest absolute Gasteiger partial charge is 0.458 e. The Balaban J connectivity index is 2.29. The van der Waals surface area contributed by atoms with E-state index in [1.807, 2.05) is 34.6 Å². The molecule has 2 rings (SSSR count). The van der Waals surface area contributed by atoms with Gasteiger partial charge in [-0.15, -0.1) is 0 Å². The lowest BCUT2D eigenvalue weighted by Gasteiger charge is -2.24. The Morgan fingerprint density at radius 1 is 1.37 bits per heavy atom. The van der Waals surface area contributed by atoms with E-state index in [2.05, 4.69) is 5.32 Å². The summed E-state index contributed by atoms with van der Waals surface area (Å²) in [6.45, 7) is 9.21. The molecule has 4 heteroatoms. The summed E-state index contributed by atoms with van der Waals surface area (Å²) in [5.41, 5.74) is 1.70. The minimum Gasteiger partial charge on any atom is -0.458 e. The number of hydrogen-bond donors (Lipinski definition) is 1. The minimum atomic E-state index is -0.541. The number of anilines is 1. The number of carbonyl (C=O) groups is 1. The van der Waals surface area contributed by atoms with Crippen molar-refractivity contribution in [2.45, 2.75) is 52.2 Å². The van der Waals surface area contributed by atoms with Crippen LogP contribution in [0, 0.1) is 12.7 Å². The highest BCUT2D eigenvalue weighted by atomic mass is 19.1. The third-order valence-electron chi connectivity index (χ3n) is 3.32. The SMILES string of the molecule is Cc1ccc(F)c2c1N[C@H](C(=O)OC(C)(C)C)C2C. The summed E-state index contributed by atoms with van der Waals surface area (Å²) in [5, 5.41) is 3.10. The summed E-state index contributed by atoms with van der Waals surface area (Å²) >= 11 is 0. The van der Waals surface area contributed by atoms with E-state index in [0.29, 0.717) is 5.56 Å². The fourth-order valence-corrected chi connectivity index (χ4v) is 2.42. The van der Waals surface area contributed by atoms with Gasteiger partial charge in [0.05, 0.1) is 0 Å². The highest BCUT2D eigenvalue weighted by Crippen LogP contribution is 2.40. The number of carbonyl (C=O) groups excluding carboxylic acids is 1. The Hall–Kier alpha value is -1.58. The molecule has 1 N–H and O–H groups in total. The fourth-order valence-electron chi connectivity index (χ4n) is 2.42. The Morgan fingerprint density at radius 3 is 2.53 bits per heavy atom. The second kappa shape index (κ2) is 4.51. The van der Waals surface area contributed by atoms with Crippen LogP contribution in [-0.2, 0) is 9.53 Å². The molecule has 0 saturated heterocycles. The van der Waals surface area contributed by atoms with Gasteiger partial charge in [-0.05, 0) is 39.3 Å². The first-order chi connectivity index (χ1) is 8.70. The number of aryl methyl sites for hydroxylation is 1. The molecular weight excluding hydrogens is 245 g/mol. The van der Waals surface area contributed by atoms with Gasteiger partial charge in [-0.2, -0.15) is 0 Å². The van der Waals surface area contributed by atoms with Crippen LogP contribution in [0.3, 0.4) is 0 Å². The highest BCUT2D eigenvalue weighted by Gasteiger charge is 2.39. The molecule has 1 aromatic carbocycles. The summed E-state index contributed by atoms with van der Waals surface area (Å²) in [7, 11) is 0. The summed E-state index contributed by atoms with van der Waals surface area (Å²) in [5.74, 6) is -0.841. The fraction of sp³-hybridized carbons (Fsp3) is 0.533. The Kier molecular flexibility index (Phi) is 3.29. The van der Waals surface area contributed by atoms with Crippen molar-refractivity contribution < 1.29 is 13.9 Å². The molecule has 0 fully saturated rings. The highest BCUT2D eigenvalue weighted by molar-refractivity contribution is 5.85. The zero-order chi connectivity index (χ0) is 14.4. The predicted octanol–water partition coefficient (Wildman–Crippen LogP) is 3.37. The van der Waals surface area contributed by atoms with Crippen molar-refractivity contribution >= 4 is 11.7 Å². The van der Waals surface area contributed by atoms with Crippen molar-refractivity contribution in [2.75, 3.05) is 5.32 Å². The van der Waals surface area contributed by atoms with Crippen LogP contribution in [0.5, 0.6) is 0 Å². The molecule has 1 heterocycles. The first-order valence-corrected chi connectivity index (χ1v) is 6.49. The molecule has 3 nitrogen and oxygen atoms in total. The normalized spacial score (nSPS) is 21.8. The molecule has 0 aromatic heterocycles.